The van der Waals surface area contributed by atoms with E-state index in [0.29, 0.717) is 23.2 Å². The van der Waals surface area contributed by atoms with E-state index < -0.39 is 0 Å². The van der Waals surface area contributed by atoms with Gasteiger partial charge in [0.2, 0.25) is 11.7 Å². The summed E-state index contributed by atoms with van der Waals surface area (Å²) in [5.41, 5.74) is 2.69. The lowest BCUT2D eigenvalue weighted by Crippen LogP contribution is -2.26. The summed E-state index contributed by atoms with van der Waals surface area (Å²) in [7, 11) is 0. The number of rotatable bonds is 5. The first-order valence-electron chi connectivity index (χ1n) is 8.24. The SMILES string of the molecule is Cc1cccc(-c2noc([C@@H](C)NC(=O)c3csc(C(C)C)c3)n2)c1. The van der Waals surface area contributed by atoms with E-state index in [4.69, 9.17) is 4.52 Å². The minimum Gasteiger partial charge on any atom is -0.340 e. The molecule has 0 unspecified atom stereocenters. The lowest BCUT2D eigenvalue weighted by Gasteiger charge is -2.08. The molecule has 0 saturated carbocycles. The van der Waals surface area contributed by atoms with Gasteiger partial charge in [0.05, 0.1) is 5.56 Å². The minimum atomic E-state index is -0.360. The summed E-state index contributed by atoms with van der Waals surface area (Å²) in [6.07, 6.45) is 0. The fourth-order valence-electron chi connectivity index (χ4n) is 2.43. The van der Waals surface area contributed by atoms with E-state index in [-0.39, 0.29) is 11.9 Å². The van der Waals surface area contributed by atoms with E-state index >= 15 is 0 Å². The van der Waals surface area contributed by atoms with E-state index in [9.17, 15) is 4.79 Å². The summed E-state index contributed by atoms with van der Waals surface area (Å²) in [6, 6.07) is 9.47. The lowest BCUT2D eigenvalue weighted by atomic mass is 10.1. The second kappa shape index (κ2) is 7.19. The van der Waals surface area contributed by atoms with Crippen LogP contribution in [0.25, 0.3) is 11.4 Å². The van der Waals surface area contributed by atoms with Gasteiger partial charge in [-0.1, -0.05) is 42.8 Å². The molecule has 0 spiro atoms. The number of nitrogens with one attached hydrogen (secondary N) is 1. The van der Waals surface area contributed by atoms with Crippen molar-refractivity contribution in [1.29, 1.82) is 0 Å². The maximum absolute atomic E-state index is 12.4. The zero-order valence-electron chi connectivity index (χ0n) is 14.7. The number of amides is 1. The zero-order valence-corrected chi connectivity index (χ0v) is 15.6. The van der Waals surface area contributed by atoms with Crippen LogP contribution in [0.1, 0.15) is 59.4 Å². The van der Waals surface area contributed by atoms with Crippen molar-refractivity contribution in [3.63, 3.8) is 0 Å². The Morgan fingerprint density at radius 1 is 1.24 bits per heavy atom. The highest BCUT2D eigenvalue weighted by atomic mass is 32.1. The summed E-state index contributed by atoms with van der Waals surface area (Å²) in [5, 5.41) is 8.81. The summed E-state index contributed by atoms with van der Waals surface area (Å²) in [5.74, 6) is 1.20. The maximum atomic E-state index is 12.4. The van der Waals surface area contributed by atoms with Crippen molar-refractivity contribution in [3.05, 3.63) is 57.6 Å². The number of aromatic nitrogens is 2. The van der Waals surface area contributed by atoms with Crippen LogP contribution in [0.2, 0.25) is 0 Å². The molecule has 6 heteroatoms. The Hall–Kier alpha value is -2.47. The largest absolute Gasteiger partial charge is 0.340 e. The van der Waals surface area contributed by atoms with Crippen LogP contribution in [0, 0.1) is 6.92 Å². The van der Waals surface area contributed by atoms with Crippen LogP contribution in [0.4, 0.5) is 0 Å². The Bertz CT molecular complexity index is 882. The van der Waals surface area contributed by atoms with Gasteiger partial charge >= 0.3 is 0 Å². The second-order valence-corrected chi connectivity index (χ2v) is 7.36. The average Bonchev–Trinajstić information content (AvgIpc) is 3.24. The number of carbonyl (C=O) groups is 1. The van der Waals surface area contributed by atoms with Gasteiger partial charge in [0.15, 0.2) is 0 Å². The molecule has 130 valence electrons. The van der Waals surface area contributed by atoms with E-state index in [2.05, 4.69) is 29.3 Å². The molecule has 1 atom stereocenters. The summed E-state index contributed by atoms with van der Waals surface area (Å²) in [6.45, 7) is 8.07. The molecule has 3 aromatic rings. The van der Waals surface area contributed by atoms with E-state index in [1.165, 1.54) is 4.88 Å². The van der Waals surface area contributed by atoms with Crippen LogP contribution >= 0.6 is 11.3 Å². The van der Waals surface area contributed by atoms with Crippen LogP contribution in [0.5, 0.6) is 0 Å². The lowest BCUT2D eigenvalue weighted by molar-refractivity contribution is 0.0933. The van der Waals surface area contributed by atoms with Crippen LogP contribution in [0.3, 0.4) is 0 Å². The van der Waals surface area contributed by atoms with E-state index in [1.807, 2.05) is 49.6 Å². The highest BCUT2D eigenvalue weighted by molar-refractivity contribution is 7.10. The third-order valence-corrected chi connectivity index (χ3v) is 5.12. The molecule has 0 radical (unpaired) electrons. The molecule has 3 rings (SSSR count). The first kappa shape index (κ1) is 17.4. The van der Waals surface area contributed by atoms with Gasteiger partial charge in [0.25, 0.3) is 5.91 Å². The standard InChI is InChI=1S/C19H21N3O2S/c1-11(2)16-9-15(10-25-16)18(23)20-13(4)19-21-17(22-24-19)14-7-5-6-12(3)8-14/h5-11,13H,1-4H3,(H,20,23)/t13-/m1/s1. The third-order valence-electron chi connectivity index (χ3n) is 3.89. The molecule has 25 heavy (non-hydrogen) atoms. The molecule has 1 aromatic carbocycles. The molecule has 1 amide bonds. The highest BCUT2D eigenvalue weighted by Crippen LogP contribution is 2.24. The van der Waals surface area contributed by atoms with Crippen LogP contribution in [-0.2, 0) is 0 Å². The average molecular weight is 355 g/mol. The summed E-state index contributed by atoms with van der Waals surface area (Å²) >= 11 is 1.60. The smallest absolute Gasteiger partial charge is 0.252 e. The van der Waals surface area contributed by atoms with Crippen molar-refractivity contribution in [2.75, 3.05) is 0 Å². The highest BCUT2D eigenvalue weighted by Gasteiger charge is 2.19. The molecular formula is C19H21N3O2S. The molecule has 0 bridgehead atoms. The normalized spacial score (nSPS) is 12.4. The van der Waals surface area contributed by atoms with Crippen molar-refractivity contribution in [2.24, 2.45) is 0 Å². The monoisotopic (exact) mass is 355 g/mol. The molecule has 0 aliphatic carbocycles. The molecule has 2 heterocycles. The van der Waals surface area contributed by atoms with Crippen LogP contribution < -0.4 is 5.32 Å². The second-order valence-electron chi connectivity index (χ2n) is 6.41. The number of carbonyl (C=O) groups excluding carboxylic acids is 1. The number of nitrogens with zero attached hydrogens (tertiary/aromatic N) is 2. The molecular weight excluding hydrogens is 334 g/mol. The van der Waals surface area contributed by atoms with E-state index in [0.717, 1.165) is 11.1 Å². The molecule has 2 aromatic heterocycles. The number of benzene rings is 1. The van der Waals surface area contributed by atoms with Gasteiger partial charge in [-0.3, -0.25) is 4.79 Å². The fraction of sp³-hybridized carbons (Fsp3) is 0.316. The Morgan fingerprint density at radius 3 is 2.72 bits per heavy atom. The van der Waals surface area contributed by atoms with Crippen LogP contribution in [-0.4, -0.2) is 16.0 Å². The maximum Gasteiger partial charge on any atom is 0.252 e. The van der Waals surface area contributed by atoms with Gasteiger partial charge in [0, 0.05) is 15.8 Å². The molecule has 1 N–H and O–H groups in total. The number of hydrogen-bond acceptors (Lipinski definition) is 5. The third kappa shape index (κ3) is 3.96. The first-order chi connectivity index (χ1) is 11.9. The Labute approximate surface area is 151 Å². The zero-order chi connectivity index (χ0) is 18.0. The molecule has 0 saturated heterocycles. The van der Waals surface area contributed by atoms with Gasteiger partial charge in [-0.2, -0.15) is 4.98 Å². The molecule has 5 nitrogen and oxygen atoms in total. The number of hydrogen-bond donors (Lipinski definition) is 1. The van der Waals surface area contributed by atoms with Gasteiger partial charge in [-0.05, 0) is 31.9 Å². The molecule has 0 aliphatic heterocycles. The van der Waals surface area contributed by atoms with Crippen molar-refractivity contribution in [3.8, 4) is 11.4 Å². The van der Waals surface area contributed by atoms with Crippen molar-refractivity contribution in [1.82, 2.24) is 15.5 Å². The Balaban J connectivity index is 1.71. The van der Waals surface area contributed by atoms with Gasteiger partial charge < -0.3 is 9.84 Å². The van der Waals surface area contributed by atoms with Gasteiger partial charge in [-0.15, -0.1) is 11.3 Å². The quantitative estimate of drug-likeness (QED) is 0.719. The summed E-state index contributed by atoms with van der Waals surface area (Å²) in [4.78, 5) is 18.0. The van der Waals surface area contributed by atoms with Crippen molar-refractivity contribution < 1.29 is 9.32 Å². The number of aryl methyl sites for hydroxylation is 1. The molecule has 0 aliphatic rings. The minimum absolute atomic E-state index is 0.133. The first-order valence-corrected chi connectivity index (χ1v) is 9.12. The van der Waals surface area contributed by atoms with Crippen LogP contribution in [0.15, 0.2) is 40.2 Å². The predicted octanol–water partition coefficient (Wildman–Crippen LogP) is 4.72. The van der Waals surface area contributed by atoms with Gasteiger partial charge in [0.1, 0.15) is 6.04 Å². The molecule has 0 fully saturated rings. The number of thiophene rings is 1. The van der Waals surface area contributed by atoms with Crippen molar-refractivity contribution >= 4 is 17.2 Å². The topological polar surface area (TPSA) is 68.0 Å². The Morgan fingerprint density at radius 2 is 2.04 bits per heavy atom. The van der Waals surface area contributed by atoms with Crippen molar-refractivity contribution in [2.45, 2.75) is 39.7 Å². The predicted molar refractivity (Wildman–Crippen MR) is 98.8 cm³/mol. The summed E-state index contributed by atoms with van der Waals surface area (Å²) < 4.78 is 5.33. The Kier molecular flexibility index (Phi) is 4.99. The van der Waals surface area contributed by atoms with Gasteiger partial charge in [-0.25, -0.2) is 0 Å². The van der Waals surface area contributed by atoms with E-state index in [1.54, 1.807) is 11.3 Å². The fourth-order valence-corrected chi connectivity index (χ4v) is 3.33.